The van der Waals surface area contributed by atoms with Gasteiger partial charge in [0.05, 0.1) is 0 Å². The van der Waals surface area contributed by atoms with Crippen LogP contribution < -0.4 is 10.6 Å². The first-order valence-corrected chi connectivity index (χ1v) is 6.30. The zero-order valence-electron chi connectivity index (χ0n) is 11.2. The summed E-state index contributed by atoms with van der Waals surface area (Å²) in [6.07, 6.45) is 0.357. The second-order valence-corrected chi connectivity index (χ2v) is 4.70. The Bertz CT molecular complexity index is 447. The fraction of sp³-hybridized carbons (Fsp3) is 0.429. The molecule has 2 amide bonds. The predicted molar refractivity (Wildman–Crippen MR) is 71.0 cm³/mol. The van der Waals surface area contributed by atoms with Crippen molar-refractivity contribution >= 4 is 11.8 Å². The maximum atomic E-state index is 13.3. The summed E-state index contributed by atoms with van der Waals surface area (Å²) in [7, 11) is 0. The molecule has 1 rings (SSSR count). The Morgan fingerprint density at radius 1 is 1.16 bits per heavy atom. The monoisotopic (exact) mass is 266 g/mol. The maximum Gasteiger partial charge on any atom is 0.309 e. The molecule has 0 unspecified atom stereocenters. The molecule has 0 spiro atoms. The highest BCUT2D eigenvalue weighted by Gasteiger charge is 2.12. The van der Waals surface area contributed by atoms with Gasteiger partial charge in [-0.25, -0.2) is 4.39 Å². The normalized spacial score (nSPS) is 10.3. The van der Waals surface area contributed by atoms with Crippen LogP contribution in [-0.4, -0.2) is 24.9 Å². The van der Waals surface area contributed by atoms with Crippen LogP contribution in [0.15, 0.2) is 24.3 Å². The number of benzene rings is 1. The molecule has 1 aromatic carbocycles. The SMILES string of the molecule is CC(C)CNC(=O)C(=O)NCCc1ccccc1F. The smallest absolute Gasteiger partial charge is 0.309 e. The lowest BCUT2D eigenvalue weighted by Crippen LogP contribution is -2.41. The number of carbonyl (C=O) groups is 2. The van der Waals surface area contributed by atoms with Crippen molar-refractivity contribution in [2.24, 2.45) is 5.92 Å². The molecule has 0 atom stereocenters. The molecule has 0 radical (unpaired) electrons. The zero-order valence-corrected chi connectivity index (χ0v) is 11.2. The van der Waals surface area contributed by atoms with Crippen molar-refractivity contribution < 1.29 is 14.0 Å². The number of carbonyl (C=O) groups excluding carboxylic acids is 2. The van der Waals surface area contributed by atoms with Gasteiger partial charge in [-0.2, -0.15) is 0 Å². The highest BCUT2D eigenvalue weighted by molar-refractivity contribution is 6.35. The molecular weight excluding hydrogens is 247 g/mol. The lowest BCUT2D eigenvalue weighted by Gasteiger charge is -2.08. The number of hydrogen-bond donors (Lipinski definition) is 2. The molecule has 5 heteroatoms. The van der Waals surface area contributed by atoms with Gasteiger partial charge >= 0.3 is 11.8 Å². The molecule has 0 aliphatic carbocycles. The van der Waals surface area contributed by atoms with E-state index in [0.29, 0.717) is 18.5 Å². The van der Waals surface area contributed by atoms with Crippen LogP contribution in [0, 0.1) is 11.7 Å². The van der Waals surface area contributed by atoms with E-state index in [4.69, 9.17) is 0 Å². The average molecular weight is 266 g/mol. The Morgan fingerprint density at radius 2 is 1.79 bits per heavy atom. The predicted octanol–water partition coefficient (Wildman–Crippen LogP) is 1.26. The summed E-state index contributed by atoms with van der Waals surface area (Å²) in [5.41, 5.74) is 0.519. The number of nitrogens with one attached hydrogen (secondary N) is 2. The van der Waals surface area contributed by atoms with Crippen LogP contribution in [0.3, 0.4) is 0 Å². The van der Waals surface area contributed by atoms with E-state index >= 15 is 0 Å². The molecule has 0 aromatic heterocycles. The van der Waals surface area contributed by atoms with Crippen molar-refractivity contribution in [3.63, 3.8) is 0 Å². The van der Waals surface area contributed by atoms with E-state index in [0.717, 1.165) is 0 Å². The molecule has 0 heterocycles. The summed E-state index contributed by atoms with van der Waals surface area (Å²) in [4.78, 5) is 22.8. The molecule has 0 aliphatic rings. The quantitative estimate of drug-likeness (QED) is 0.788. The van der Waals surface area contributed by atoms with Crippen molar-refractivity contribution in [1.82, 2.24) is 10.6 Å². The number of halogens is 1. The summed E-state index contributed by atoms with van der Waals surface area (Å²) >= 11 is 0. The Balaban J connectivity index is 2.31. The van der Waals surface area contributed by atoms with E-state index in [2.05, 4.69) is 10.6 Å². The molecule has 0 aliphatic heterocycles. The highest BCUT2D eigenvalue weighted by Crippen LogP contribution is 2.05. The van der Waals surface area contributed by atoms with Gasteiger partial charge in [0.2, 0.25) is 0 Å². The third-order valence-corrected chi connectivity index (χ3v) is 2.51. The van der Waals surface area contributed by atoms with Crippen molar-refractivity contribution in [2.75, 3.05) is 13.1 Å². The average Bonchev–Trinajstić information content (AvgIpc) is 2.38. The molecule has 104 valence electrons. The van der Waals surface area contributed by atoms with Crippen LogP contribution in [0.4, 0.5) is 4.39 Å². The summed E-state index contributed by atoms with van der Waals surface area (Å²) in [6.45, 7) is 4.57. The van der Waals surface area contributed by atoms with Crippen LogP contribution in [0.1, 0.15) is 19.4 Å². The Hall–Kier alpha value is -1.91. The van der Waals surface area contributed by atoms with Crippen LogP contribution in [0.2, 0.25) is 0 Å². The van der Waals surface area contributed by atoms with Gasteiger partial charge in [0.1, 0.15) is 5.82 Å². The number of amides is 2. The molecule has 0 fully saturated rings. The third kappa shape index (κ3) is 5.50. The fourth-order valence-electron chi connectivity index (χ4n) is 1.47. The maximum absolute atomic E-state index is 13.3. The van der Waals surface area contributed by atoms with Crippen molar-refractivity contribution in [3.8, 4) is 0 Å². The van der Waals surface area contributed by atoms with Crippen LogP contribution in [-0.2, 0) is 16.0 Å². The Labute approximate surface area is 112 Å². The van der Waals surface area contributed by atoms with Gasteiger partial charge in [0.25, 0.3) is 0 Å². The number of hydrogen-bond acceptors (Lipinski definition) is 2. The topological polar surface area (TPSA) is 58.2 Å². The molecule has 19 heavy (non-hydrogen) atoms. The molecule has 0 saturated carbocycles. The second kappa shape index (κ2) is 7.51. The van der Waals surface area contributed by atoms with E-state index in [1.54, 1.807) is 18.2 Å². The van der Waals surface area contributed by atoms with Crippen molar-refractivity contribution in [3.05, 3.63) is 35.6 Å². The van der Waals surface area contributed by atoms with E-state index in [-0.39, 0.29) is 18.3 Å². The number of rotatable bonds is 5. The van der Waals surface area contributed by atoms with Gasteiger partial charge in [-0.05, 0) is 24.0 Å². The lowest BCUT2D eigenvalue weighted by molar-refractivity contribution is -0.139. The van der Waals surface area contributed by atoms with Gasteiger partial charge < -0.3 is 10.6 Å². The second-order valence-electron chi connectivity index (χ2n) is 4.70. The van der Waals surface area contributed by atoms with E-state index < -0.39 is 11.8 Å². The van der Waals surface area contributed by atoms with Gasteiger partial charge in [0, 0.05) is 13.1 Å². The van der Waals surface area contributed by atoms with Crippen LogP contribution in [0.5, 0.6) is 0 Å². The van der Waals surface area contributed by atoms with Crippen LogP contribution >= 0.6 is 0 Å². The first-order valence-electron chi connectivity index (χ1n) is 6.30. The molecule has 1 aromatic rings. The molecule has 2 N–H and O–H groups in total. The first-order chi connectivity index (χ1) is 9.00. The fourth-order valence-corrected chi connectivity index (χ4v) is 1.47. The van der Waals surface area contributed by atoms with Crippen molar-refractivity contribution in [1.29, 1.82) is 0 Å². The van der Waals surface area contributed by atoms with Crippen molar-refractivity contribution in [2.45, 2.75) is 20.3 Å². The zero-order chi connectivity index (χ0) is 14.3. The summed E-state index contributed by atoms with van der Waals surface area (Å²) < 4.78 is 13.3. The van der Waals surface area contributed by atoms with E-state index in [1.165, 1.54) is 6.07 Å². The Morgan fingerprint density at radius 3 is 2.42 bits per heavy atom. The summed E-state index contributed by atoms with van der Waals surface area (Å²) in [5, 5.41) is 4.98. The van der Waals surface area contributed by atoms with E-state index in [1.807, 2.05) is 13.8 Å². The standard InChI is InChI=1S/C14H19FN2O2/c1-10(2)9-17-14(19)13(18)16-8-7-11-5-3-4-6-12(11)15/h3-6,10H,7-9H2,1-2H3,(H,16,18)(H,17,19). The molecule has 4 nitrogen and oxygen atoms in total. The molecule has 0 bridgehead atoms. The highest BCUT2D eigenvalue weighted by atomic mass is 19.1. The van der Waals surface area contributed by atoms with Gasteiger partial charge in [-0.1, -0.05) is 32.0 Å². The van der Waals surface area contributed by atoms with Crippen LogP contribution in [0.25, 0.3) is 0 Å². The summed E-state index contributed by atoms with van der Waals surface area (Å²) in [5.74, 6) is -1.35. The first kappa shape index (κ1) is 15.1. The van der Waals surface area contributed by atoms with E-state index in [9.17, 15) is 14.0 Å². The minimum atomic E-state index is -0.683. The molecule has 0 saturated heterocycles. The largest absolute Gasteiger partial charge is 0.348 e. The minimum absolute atomic E-state index is 0.231. The summed E-state index contributed by atoms with van der Waals surface area (Å²) in [6, 6.07) is 6.36. The van der Waals surface area contributed by atoms with Gasteiger partial charge in [0.15, 0.2) is 0 Å². The third-order valence-electron chi connectivity index (χ3n) is 2.51. The molecular formula is C14H19FN2O2. The van der Waals surface area contributed by atoms with Gasteiger partial charge in [-0.15, -0.1) is 0 Å². The lowest BCUT2D eigenvalue weighted by atomic mass is 10.1. The van der Waals surface area contributed by atoms with Gasteiger partial charge in [-0.3, -0.25) is 9.59 Å². The minimum Gasteiger partial charge on any atom is -0.348 e. The Kier molecular flexibility index (Phi) is 5.99.